The van der Waals surface area contributed by atoms with Crippen LogP contribution < -0.4 is 14.8 Å². The van der Waals surface area contributed by atoms with Crippen LogP contribution >= 0.6 is 0 Å². The van der Waals surface area contributed by atoms with Crippen LogP contribution in [0.5, 0.6) is 11.5 Å². The zero-order valence-corrected chi connectivity index (χ0v) is 12.3. The highest BCUT2D eigenvalue weighted by Gasteiger charge is 2.06. The van der Waals surface area contributed by atoms with Crippen molar-refractivity contribution in [3.05, 3.63) is 48.3 Å². The summed E-state index contributed by atoms with van der Waals surface area (Å²) in [6.45, 7) is 1.98. The van der Waals surface area contributed by atoms with Gasteiger partial charge in [-0.05, 0) is 19.1 Å². The van der Waals surface area contributed by atoms with Crippen LogP contribution in [-0.2, 0) is 0 Å². The van der Waals surface area contributed by atoms with Crippen LogP contribution in [0.1, 0.15) is 5.69 Å². The molecule has 3 aromatic rings. The van der Waals surface area contributed by atoms with Crippen molar-refractivity contribution in [2.45, 2.75) is 6.92 Å². The highest BCUT2D eigenvalue weighted by Crippen LogP contribution is 2.28. The normalized spacial score (nSPS) is 10.6. The molecule has 1 N–H and O–H groups in total. The quantitative estimate of drug-likeness (QED) is 0.797. The van der Waals surface area contributed by atoms with Gasteiger partial charge in [0.15, 0.2) is 0 Å². The molecule has 21 heavy (non-hydrogen) atoms. The molecular weight excluding hydrogens is 266 g/mol. The number of hydrogen-bond acceptors (Lipinski definition) is 4. The average molecular weight is 283 g/mol. The molecular formula is C16H17N3O2. The first-order valence-electron chi connectivity index (χ1n) is 6.64. The van der Waals surface area contributed by atoms with E-state index in [0.29, 0.717) is 0 Å². The summed E-state index contributed by atoms with van der Waals surface area (Å²) in [6, 6.07) is 11.6. The summed E-state index contributed by atoms with van der Waals surface area (Å²) in [5.74, 6) is 2.42. The number of pyridine rings is 1. The van der Waals surface area contributed by atoms with Crippen LogP contribution in [0.25, 0.3) is 5.65 Å². The average Bonchev–Trinajstić information content (AvgIpc) is 2.88. The minimum absolute atomic E-state index is 0.742. The molecule has 0 aliphatic rings. The van der Waals surface area contributed by atoms with Gasteiger partial charge in [0.25, 0.3) is 0 Å². The number of hydrogen-bond donors (Lipinski definition) is 1. The molecule has 5 nitrogen and oxygen atoms in total. The molecule has 0 atom stereocenters. The minimum Gasteiger partial charge on any atom is -0.497 e. The summed E-state index contributed by atoms with van der Waals surface area (Å²) >= 11 is 0. The predicted octanol–water partition coefficient (Wildman–Crippen LogP) is 3.40. The predicted molar refractivity (Wildman–Crippen MR) is 82.8 cm³/mol. The van der Waals surface area contributed by atoms with Crippen LogP contribution in [0, 0.1) is 6.92 Å². The number of methoxy groups -OCH3 is 2. The molecule has 1 aromatic carbocycles. The van der Waals surface area contributed by atoms with Crippen molar-refractivity contribution in [1.82, 2.24) is 9.38 Å². The molecule has 0 spiro atoms. The van der Waals surface area contributed by atoms with Crippen molar-refractivity contribution < 1.29 is 9.47 Å². The third-order valence-electron chi connectivity index (χ3n) is 3.24. The molecule has 5 heteroatoms. The van der Waals surface area contributed by atoms with Gasteiger partial charge in [-0.25, -0.2) is 4.98 Å². The second-order valence-corrected chi connectivity index (χ2v) is 4.75. The van der Waals surface area contributed by atoms with E-state index in [4.69, 9.17) is 9.47 Å². The Balaban J connectivity index is 2.02. The first-order valence-corrected chi connectivity index (χ1v) is 6.64. The van der Waals surface area contributed by atoms with Gasteiger partial charge in [0.1, 0.15) is 23.0 Å². The molecule has 0 fully saturated rings. The van der Waals surface area contributed by atoms with Crippen LogP contribution in [-0.4, -0.2) is 23.6 Å². The van der Waals surface area contributed by atoms with Crippen molar-refractivity contribution in [3.63, 3.8) is 0 Å². The van der Waals surface area contributed by atoms with Crippen LogP contribution in [0.2, 0.25) is 0 Å². The molecule has 0 aliphatic heterocycles. The SMILES string of the molecule is COc1cc(Nc2cccc3nc(C)cn23)cc(OC)c1. The lowest BCUT2D eigenvalue weighted by molar-refractivity contribution is 0.395. The summed E-state index contributed by atoms with van der Waals surface area (Å²) in [4.78, 5) is 4.46. The van der Waals surface area contributed by atoms with Gasteiger partial charge in [0, 0.05) is 30.1 Å². The van der Waals surface area contributed by atoms with Gasteiger partial charge in [-0.15, -0.1) is 0 Å². The second-order valence-electron chi connectivity index (χ2n) is 4.75. The first-order chi connectivity index (χ1) is 10.2. The number of rotatable bonds is 4. The minimum atomic E-state index is 0.742. The first kappa shape index (κ1) is 13.3. The second kappa shape index (κ2) is 5.36. The lowest BCUT2D eigenvalue weighted by Gasteiger charge is -2.12. The maximum atomic E-state index is 5.29. The van der Waals surface area contributed by atoms with Gasteiger partial charge in [0.05, 0.1) is 19.9 Å². The maximum Gasteiger partial charge on any atom is 0.138 e. The highest BCUT2D eigenvalue weighted by atomic mass is 16.5. The van der Waals surface area contributed by atoms with Gasteiger partial charge >= 0.3 is 0 Å². The fraction of sp³-hybridized carbons (Fsp3) is 0.188. The van der Waals surface area contributed by atoms with E-state index in [1.807, 2.05) is 53.9 Å². The number of nitrogens with zero attached hydrogens (tertiary/aromatic N) is 2. The van der Waals surface area contributed by atoms with Crippen LogP contribution in [0.4, 0.5) is 11.5 Å². The van der Waals surface area contributed by atoms with E-state index < -0.39 is 0 Å². The van der Waals surface area contributed by atoms with E-state index in [1.54, 1.807) is 14.2 Å². The Morgan fingerprint density at radius 1 is 1.05 bits per heavy atom. The van der Waals surface area contributed by atoms with Gasteiger partial charge in [-0.1, -0.05) is 6.07 Å². The number of aromatic nitrogens is 2. The summed E-state index contributed by atoms with van der Waals surface area (Å²) in [5, 5.41) is 3.37. The Labute approximate surface area is 123 Å². The maximum absolute atomic E-state index is 5.29. The molecule has 0 amide bonds. The van der Waals surface area contributed by atoms with Crippen LogP contribution in [0.3, 0.4) is 0 Å². The monoisotopic (exact) mass is 283 g/mol. The van der Waals surface area contributed by atoms with E-state index in [0.717, 1.165) is 34.3 Å². The van der Waals surface area contributed by atoms with Gasteiger partial charge < -0.3 is 14.8 Å². The lowest BCUT2D eigenvalue weighted by atomic mass is 10.2. The Bertz CT molecular complexity index is 758. The van der Waals surface area contributed by atoms with Gasteiger partial charge in [0.2, 0.25) is 0 Å². The van der Waals surface area contributed by atoms with Crippen molar-refractivity contribution in [2.75, 3.05) is 19.5 Å². The standard InChI is InChI=1S/C16H17N3O2/c1-11-10-19-15(17-11)5-4-6-16(19)18-12-7-13(20-2)9-14(8-12)21-3/h4-10,18H,1-3H3. The molecule has 0 saturated carbocycles. The summed E-state index contributed by atoms with van der Waals surface area (Å²) < 4.78 is 12.6. The van der Waals surface area contributed by atoms with E-state index in [1.165, 1.54) is 0 Å². The largest absolute Gasteiger partial charge is 0.497 e. The van der Waals surface area contributed by atoms with E-state index >= 15 is 0 Å². The molecule has 3 rings (SSSR count). The van der Waals surface area contributed by atoms with Gasteiger partial charge in [-0.2, -0.15) is 0 Å². The Morgan fingerprint density at radius 2 is 1.76 bits per heavy atom. The van der Waals surface area contributed by atoms with Gasteiger partial charge in [-0.3, -0.25) is 4.40 Å². The third kappa shape index (κ3) is 2.63. The number of aryl methyl sites for hydroxylation is 1. The molecule has 0 radical (unpaired) electrons. The zero-order valence-electron chi connectivity index (χ0n) is 12.3. The summed E-state index contributed by atoms with van der Waals surface area (Å²) in [6.07, 6.45) is 2.00. The Morgan fingerprint density at radius 3 is 2.43 bits per heavy atom. The molecule has 2 aromatic heterocycles. The molecule has 108 valence electrons. The molecule has 0 bridgehead atoms. The van der Waals surface area contributed by atoms with E-state index in [9.17, 15) is 0 Å². The molecule has 0 aliphatic carbocycles. The van der Waals surface area contributed by atoms with Crippen molar-refractivity contribution >= 4 is 17.2 Å². The van der Waals surface area contributed by atoms with E-state index in [2.05, 4.69) is 10.3 Å². The molecule has 0 unspecified atom stereocenters. The smallest absolute Gasteiger partial charge is 0.138 e. The van der Waals surface area contributed by atoms with Crippen molar-refractivity contribution in [2.24, 2.45) is 0 Å². The number of imidazole rings is 1. The summed E-state index contributed by atoms with van der Waals surface area (Å²) in [7, 11) is 3.27. The number of ether oxygens (including phenoxy) is 2. The van der Waals surface area contributed by atoms with Crippen molar-refractivity contribution in [3.8, 4) is 11.5 Å². The third-order valence-corrected chi connectivity index (χ3v) is 3.24. The number of benzene rings is 1. The van der Waals surface area contributed by atoms with Crippen LogP contribution in [0.15, 0.2) is 42.6 Å². The number of anilines is 2. The topological polar surface area (TPSA) is 47.8 Å². The number of nitrogens with one attached hydrogen (secondary N) is 1. The van der Waals surface area contributed by atoms with E-state index in [-0.39, 0.29) is 0 Å². The Hall–Kier alpha value is -2.69. The van der Waals surface area contributed by atoms with Crippen molar-refractivity contribution in [1.29, 1.82) is 0 Å². The summed E-state index contributed by atoms with van der Waals surface area (Å²) in [5.41, 5.74) is 2.78. The molecule has 2 heterocycles. The fourth-order valence-corrected chi connectivity index (χ4v) is 2.26. The zero-order chi connectivity index (χ0) is 14.8. The molecule has 0 saturated heterocycles. The highest BCUT2D eigenvalue weighted by molar-refractivity contribution is 5.63. The lowest BCUT2D eigenvalue weighted by Crippen LogP contribution is -1.98. The number of fused-ring (bicyclic) bond motifs is 1. The fourth-order valence-electron chi connectivity index (χ4n) is 2.26. The Kier molecular flexibility index (Phi) is 3.39.